The Morgan fingerprint density at radius 2 is 2.33 bits per heavy atom. The Labute approximate surface area is 75.5 Å². The van der Waals surface area contributed by atoms with Gasteiger partial charge in [-0.25, -0.2) is 4.39 Å². The second-order valence-electron chi connectivity index (χ2n) is 3.03. The molecule has 2 rings (SSSR count). The molecule has 1 aliphatic heterocycles. The standard InChI is InChI=1S/C9H9ClFN/c1-5-6-2-3-8(10)9(11)7(6)4-12-5/h2-3,5,12H,4H2,1H3/t5-/m0/s1. The number of hydrogen-bond acceptors (Lipinski definition) is 1. The molecule has 0 saturated heterocycles. The van der Waals surface area contributed by atoms with Crippen molar-refractivity contribution in [2.24, 2.45) is 0 Å². The van der Waals surface area contributed by atoms with Crippen molar-refractivity contribution in [2.45, 2.75) is 19.5 Å². The minimum Gasteiger partial charge on any atom is -0.306 e. The summed E-state index contributed by atoms with van der Waals surface area (Å²) < 4.78 is 13.3. The first-order chi connectivity index (χ1) is 5.70. The van der Waals surface area contributed by atoms with Crippen LogP contribution >= 0.6 is 11.6 Å². The van der Waals surface area contributed by atoms with E-state index in [1.165, 1.54) is 0 Å². The van der Waals surface area contributed by atoms with E-state index in [1.54, 1.807) is 6.07 Å². The van der Waals surface area contributed by atoms with Crippen LogP contribution < -0.4 is 5.32 Å². The van der Waals surface area contributed by atoms with Crippen LogP contribution in [0.5, 0.6) is 0 Å². The Morgan fingerprint density at radius 3 is 3.08 bits per heavy atom. The van der Waals surface area contributed by atoms with Crippen molar-refractivity contribution in [1.29, 1.82) is 0 Å². The highest BCUT2D eigenvalue weighted by Crippen LogP contribution is 2.30. The van der Waals surface area contributed by atoms with Gasteiger partial charge in [0.2, 0.25) is 0 Å². The summed E-state index contributed by atoms with van der Waals surface area (Å²) >= 11 is 5.64. The quantitative estimate of drug-likeness (QED) is 0.655. The normalized spacial score (nSPS) is 21.1. The summed E-state index contributed by atoms with van der Waals surface area (Å²) in [4.78, 5) is 0. The van der Waals surface area contributed by atoms with E-state index < -0.39 is 0 Å². The highest BCUT2D eigenvalue weighted by atomic mass is 35.5. The van der Waals surface area contributed by atoms with Crippen LogP contribution in [0.2, 0.25) is 5.02 Å². The maximum Gasteiger partial charge on any atom is 0.146 e. The zero-order valence-corrected chi connectivity index (χ0v) is 7.45. The number of halogens is 2. The van der Waals surface area contributed by atoms with Crippen LogP contribution in [0.4, 0.5) is 4.39 Å². The molecule has 0 unspecified atom stereocenters. The molecule has 0 amide bonds. The summed E-state index contributed by atoms with van der Waals surface area (Å²) in [5.41, 5.74) is 1.74. The van der Waals surface area contributed by atoms with E-state index in [4.69, 9.17) is 11.6 Å². The van der Waals surface area contributed by atoms with Gasteiger partial charge in [0.1, 0.15) is 5.82 Å². The summed E-state index contributed by atoms with van der Waals surface area (Å²) in [6.45, 7) is 2.60. The van der Waals surface area contributed by atoms with Gasteiger partial charge in [-0.15, -0.1) is 0 Å². The predicted molar refractivity (Wildman–Crippen MR) is 46.7 cm³/mol. The molecular formula is C9H9ClFN. The first kappa shape index (κ1) is 8.02. The Bertz CT molecular complexity index is 325. The number of fused-ring (bicyclic) bond motifs is 1. The van der Waals surface area contributed by atoms with Gasteiger partial charge in [-0.1, -0.05) is 17.7 Å². The zero-order valence-electron chi connectivity index (χ0n) is 6.70. The average Bonchev–Trinajstić information content (AvgIpc) is 2.41. The molecule has 0 radical (unpaired) electrons. The molecule has 1 aromatic rings. The number of rotatable bonds is 0. The Hall–Kier alpha value is -0.600. The minimum atomic E-state index is -0.272. The Kier molecular flexibility index (Phi) is 1.81. The summed E-state index contributed by atoms with van der Waals surface area (Å²) in [7, 11) is 0. The topological polar surface area (TPSA) is 12.0 Å². The molecule has 1 nitrogen and oxygen atoms in total. The lowest BCUT2D eigenvalue weighted by Crippen LogP contribution is -2.06. The monoisotopic (exact) mass is 185 g/mol. The van der Waals surface area contributed by atoms with Crippen molar-refractivity contribution in [3.05, 3.63) is 34.1 Å². The maximum atomic E-state index is 13.3. The fourth-order valence-corrected chi connectivity index (χ4v) is 1.74. The van der Waals surface area contributed by atoms with Gasteiger partial charge in [0.15, 0.2) is 0 Å². The number of benzene rings is 1. The van der Waals surface area contributed by atoms with E-state index in [1.807, 2.05) is 13.0 Å². The fraction of sp³-hybridized carbons (Fsp3) is 0.333. The second-order valence-corrected chi connectivity index (χ2v) is 3.44. The van der Waals surface area contributed by atoms with Crippen LogP contribution in [0.1, 0.15) is 24.1 Å². The van der Waals surface area contributed by atoms with Crippen LogP contribution in [0, 0.1) is 5.82 Å². The molecule has 0 fully saturated rings. The van der Waals surface area contributed by atoms with Gasteiger partial charge in [0, 0.05) is 18.2 Å². The molecule has 1 aliphatic rings. The largest absolute Gasteiger partial charge is 0.306 e. The first-order valence-electron chi connectivity index (χ1n) is 3.90. The van der Waals surface area contributed by atoms with Crippen molar-refractivity contribution in [1.82, 2.24) is 5.32 Å². The van der Waals surface area contributed by atoms with E-state index in [0.29, 0.717) is 6.54 Å². The van der Waals surface area contributed by atoms with Gasteiger partial charge in [-0.05, 0) is 18.6 Å². The van der Waals surface area contributed by atoms with Gasteiger partial charge in [-0.2, -0.15) is 0 Å². The first-order valence-corrected chi connectivity index (χ1v) is 4.28. The fourth-order valence-electron chi connectivity index (χ4n) is 1.56. The van der Waals surface area contributed by atoms with E-state index in [-0.39, 0.29) is 16.9 Å². The lowest BCUT2D eigenvalue weighted by Gasteiger charge is -2.04. The van der Waals surface area contributed by atoms with Crippen LogP contribution in [0.3, 0.4) is 0 Å². The highest BCUT2D eigenvalue weighted by molar-refractivity contribution is 6.30. The molecule has 1 heterocycles. The van der Waals surface area contributed by atoms with E-state index in [0.717, 1.165) is 11.1 Å². The number of hydrogen-bond donors (Lipinski definition) is 1. The van der Waals surface area contributed by atoms with E-state index >= 15 is 0 Å². The van der Waals surface area contributed by atoms with Gasteiger partial charge in [-0.3, -0.25) is 0 Å². The molecule has 0 aliphatic carbocycles. The predicted octanol–water partition coefficient (Wildman–Crippen LogP) is 2.64. The lowest BCUT2D eigenvalue weighted by molar-refractivity contribution is 0.600. The average molecular weight is 186 g/mol. The van der Waals surface area contributed by atoms with Crippen LogP contribution in [0.25, 0.3) is 0 Å². The molecule has 0 bridgehead atoms. The molecule has 1 aromatic carbocycles. The van der Waals surface area contributed by atoms with Gasteiger partial charge >= 0.3 is 0 Å². The lowest BCUT2D eigenvalue weighted by atomic mass is 10.1. The Morgan fingerprint density at radius 1 is 1.58 bits per heavy atom. The smallest absolute Gasteiger partial charge is 0.146 e. The van der Waals surface area contributed by atoms with Crippen molar-refractivity contribution in [3.63, 3.8) is 0 Å². The molecule has 0 aromatic heterocycles. The Balaban J connectivity index is 2.60. The van der Waals surface area contributed by atoms with Crippen LogP contribution in [0.15, 0.2) is 12.1 Å². The molecule has 0 saturated carbocycles. The summed E-state index contributed by atoms with van der Waals surface area (Å²) in [5, 5.41) is 3.37. The van der Waals surface area contributed by atoms with Crippen LogP contribution in [-0.2, 0) is 6.54 Å². The molecule has 1 N–H and O–H groups in total. The third-order valence-corrected chi connectivity index (χ3v) is 2.58. The third-order valence-electron chi connectivity index (χ3n) is 2.28. The summed E-state index contributed by atoms with van der Waals surface area (Å²) in [6.07, 6.45) is 0. The van der Waals surface area contributed by atoms with Crippen molar-refractivity contribution in [3.8, 4) is 0 Å². The summed E-state index contributed by atoms with van der Waals surface area (Å²) in [5.74, 6) is -0.272. The summed E-state index contributed by atoms with van der Waals surface area (Å²) in [6, 6.07) is 3.73. The molecular weight excluding hydrogens is 177 g/mol. The van der Waals surface area contributed by atoms with E-state index in [2.05, 4.69) is 5.32 Å². The second kappa shape index (κ2) is 2.71. The third kappa shape index (κ3) is 1.03. The molecule has 3 heteroatoms. The van der Waals surface area contributed by atoms with Crippen LogP contribution in [-0.4, -0.2) is 0 Å². The molecule has 0 spiro atoms. The minimum absolute atomic E-state index is 0.213. The van der Waals surface area contributed by atoms with Crippen molar-refractivity contribution < 1.29 is 4.39 Å². The van der Waals surface area contributed by atoms with Crippen molar-refractivity contribution in [2.75, 3.05) is 0 Å². The number of nitrogens with one attached hydrogen (secondary N) is 1. The van der Waals surface area contributed by atoms with E-state index in [9.17, 15) is 4.39 Å². The van der Waals surface area contributed by atoms with Gasteiger partial charge in [0.05, 0.1) is 5.02 Å². The van der Waals surface area contributed by atoms with Gasteiger partial charge < -0.3 is 5.32 Å². The zero-order chi connectivity index (χ0) is 8.72. The molecule has 64 valence electrons. The SMILES string of the molecule is C[C@@H]1NCc2c1ccc(Cl)c2F. The maximum absolute atomic E-state index is 13.3. The molecule has 1 atom stereocenters. The van der Waals surface area contributed by atoms with Crippen molar-refractivity contribution >= 4 is 11.6 Å². The van der Waals surface area contributed by atoms with Gasteiger partial charge in [0.25, 0.3) is 0 Å². The molecule has 12 heavy (non-hydrogen) atoms. The highest BCUT2D eigenvalue weighted by Gasteiger charge is 2.21.